The molecule has 4 rings (SSSR count). The SMILES string of the molecule is CCOc1cccc2sc(NC(=O)C3CCCN3S(=O)(=O)c3ccc(F)cc3)nc12. The first-order valence-corrected chi connectivity index (χ1v) is 11.8. The summed E-state index contributed by atoms with van der Waals surface area (Å²) in [6, 6.07) is 9.30. The van der Waals surface area contributed by atoms with Crippen LogP contribution in [0.25, 0.3) is 10.2 Å². The van der Waals surface area contributed by atoms with Crippen LogP contribution >= 0.6 is 11.3 Å². The topological polar surface area (TPSA) is 88.6 Å². The molecule has 7 nitrogen and oxygen atoms in total. The number of fused-ring (bicyclic) bond motifs is 1. The molecular weight excluding hydrogens is 429 g/mol. The minimum atomic E-state index is -3.91. The van der Waals surface area contributed by atoms with Gasteiger partial charge in [-0.15, -0.1) is 0 Å². The number of thiazole rings is 1. The summed E-state index contributed by atoms with van der Waals surface area (Å²) in [5, 5.41) is 3.13. The molecule has 0 aliphatic carbocycles. The lowest BCUT2D eigenvalue weighted by atomic mass is 10.2. The molecule has 1 atom stereocenters. The van der Waals surface area contributed by atoms with Crippen molar-refractivity contribution in [2.45, 2.75) is 30.7 Å². The summed E-state index contributed by atoms with van der Waals surface area (Å²) < 4.78 is 46.7. The predicted molar refractivity (Wildman–Crippen MR) is 113 cm³/mol. The maximum Gasteiger partial charge on any atom is 0.244 e. The highest BCUT2D eigenvalue weighted by Gasteiger charge is 2.39. The Labute approximate surface area is 177 Å². The van der Waals surface area contributed by atoms with Crippen LogP contribution in [-0.2, 0) is 14.8 Å². The van der Waals surface area contributed by atoms with E-state index in [0.29, 0.717) is 35.8 Å². The third-order valence-corrected chi connectivity index (χ3v) is 7.70. The molecule has 0 radical (unpaired) electrons. The van der Waals surface area contributed by atoms with Gasteiger partial charge in [0.2, 0.25) is 15.9 Å². The molecule has 1 aliphatic heterocycles. The van der Waals surface area contributed by atoms with Gasteiger partial charge in [-0.25, -0.2) is 17.8 Å². The number of rotatable bonds is 6. The van der Waals surface area contributed by atoms with Gasteiger partial charge in [-0.05, 0) is 56.2 Å². The van der Waals surface area contributed by atoms with Crippen LogP contribution in [0.5, 0.6) is 5.75 Å². The number of carbonyl (C=O) groups is 1. The number of hydrogen-bond acceptors (Lipinski definition) is 6. The van der Waals surface area contributed by atoms with Gasteiger partial charge in [0, 0.05) is 6.54 Å². The van der Waals surface area contributed by atoms with Gasteiger partial charge in [0.05, 0.1) is 16.2 Å². The van der Waals surface area contributed by atoms with Crippen molar-refractivity contribution < 1.29 is 22.3 Å². The summed E-state index contributed by atoms with van der Waals surface area (Å²) in [6.45, 7) is 2.60. The molecule has 1 unspecified atom stereocenters. The second-order valence-corrected chi connectivity index (χ2v) is 9.69. The summed E-state index contributed by atoms with van der Waals surface area (Å²) in [6.07, 6.45) is 0.966. The van der Waals surface area contributed by atoms with Crippen molar-refractivity contribution in [2.75, 3.05) is 18.5 Å². The summed E-state index contributed by atoms with van der Waals surface area (Å²) in [5.41, 5.74) is 0.655. The number of carbonyl (C=O) groups excluding carboxylic acids is 1. The number of sulfonamides is 1. The average Bonchev–Trinajstić information content (AvgIpc) is 3.36. The lowest BCUT2D eigenvalue weighted by Crippen LogP contribution is -2.43. The molecule has 158 valence electrons. The van der Waals surface area contributed by atoms with Gasteiger partial charge in [0.15, 0.2) is 5.13 Å². The third kappa shape index (κ3) is 3.90. The molecule has 1 amide bonds. The molecule has 0 saturated carbocycles. The molecule has 1 aromatic heterocycles. The Morgan fingerprint density at radius 3 is 2.80 bits per heavy atom. The maximum absolute atomic E-state index is 13.2. The van der Waals surface area contributed by atoms with E-state index in [-0.39, 0.29) is 11.4 Å². The standard InChI is InChI=1S/C20H20FN3O4S2/c1-2-28-16-6-3-7-17-18(16)22-20(29-17)23-19(25)15-5-4-12-24(15)30(26,27)14-10-8-13(21)9-11-14/h3,6-11,15H,2,4-5,12H2,1H3,(H,22,23,25). The van der Waals surface area contributed by atoms with Gasteiger partial charge in [-0.1, -0.05) is 17.4 Å². The molecule has 2 aromatic carbocycles. The Morgan fingerprint density at radius 1 is 1.30 bits per heavy atom. The maximum atomic E-state index is 13.2. The smallest absolute Gasteiger partial charge is 0.244 e. The zero-order chi connectivity index (χ0) is 21.3. The van der Waals surface area contributed by atoms with Crippen LogP contribution in [0.2, 0.25) is 0 Å². The lowest BCUT2D eigenvalue weighted by Gasteiger charge is -2.23. The summed E-state index contributed by atoms with van der Waals surface area (Å²) >= 11 is 1.30. The summed E-state index contributed by atoms with van der Waals surface area (Å²) in [7, 11) is -3.91. The number of aromatic nitrogens is 1. The monoisotopic (exact) mass is 449 g/mol. The van der Waals surface area contributed by atoms with E-state index in [1.54, 1.807) is 0 Å². The lowest BCUT2D eigenvalue weighted by molar-refractivity contribution is -0.119. The molecule has 0 bridgehead atoms. The Kier molecular flexibility index (Phi) is 5.72. The van der Waals surface area contributed by atoms with Gasteiger partial charge < -0.3 is 10.1 Å². The van der Waals surface area contributed by atoms with Crippen molar-refractivity contribution in [3.05, 3.63) is 48.3 Å². The third-order valence-electron chi connectivity index (χ3n) is 4.84. The van der Waals surface area contributed by atoms with Crippen LogP contribution < -0.4 is 10.1 Å². The fourth-order valence-electron chi connectivity index (χ4n) is 3.47. The molecule has 10 heteroatoms. The second kappa shape index (κ2) is 8.29. The molecule has 1 aliphatic rings. The van der Waals surface area contributed by atoms with Crippen LogP contribution in [0.15, 0.2) is 47.4 Å². The van der Waals surface area contributed by atoms with Gasteiger partial charge >= 0.3 is 0 Å². The Bertz CT molecular complexity index is 1180. The zero-order valence-corrected chi connectivity index (χ0v) is 17.8. The summed E-state index contributed by atoms with van der Waals surface area (Å²) in [5.74, 6) is -0.324. The van der Waals surface area contributed by atoms with Crippen molar-refractivity contribution in [1.82, 2.24) is 9.29 Å². The molecule has 2 heterocycles. The molecule has 3 aromatic rings. The highest BCUT2D eigenvalue weighted by atomic mass is 32.2. The summed E-state index contributed by atoms with van der Waals surface area (Å²) in [4.78, 5) is 17.3. The van der Waals surface area contributed by atoms with E-state index in [9.17, 15) is 17.6 Å². The number of halogens is 1. The number of benzene rings is 2. The van der Waals surface area contributed by atoms with E-state index in [2.05, 4.69) is 10.3 Å². The minimum Gasteiger partial charge on any atom is -0.492 e. The molecule has 1 N–H and O–H groups in total. The predicted octanol–water partition coefficient (Wildman–Crippen LogP) is 3.63. The van der Waals surface area contributed by atoms with Crippen molar-refractivity contribution in [1.29, 1.82) is 0 Å². The Hall–Kier alpha value is -2.56. The van der Waals surface area contributed by atoms with Crippen molar-refractivity contribution in [2.24, 2.45) is 0 Å². The number of para-hydroxylation sites is 1. The average molecular weight is 450 g/mol. The highest BCUT2D eigenvalue weighted by Crippen LogP contribution is 2.33. The number of amides is 1. The Morgan fingerprint density at radius 2 is 2.07 bits per heavy atom. The van der Waals surface area contributed by atoms with E-state index >= 15 is 0 Å². The van der Waals surface area contributed by atoms with Gasteiger partial charge in [0.1, 0.15) is 23.1 Å². The largest absolute Gasteiger partial charge is 0.492 e. The molecule has 30 heavy (non-hydrogen) atoms. The molecule has 0 spiro atoms. The van der Waals surface area contributed by atoms with E-state index in [4.69, 9.17) is 4.74 Å². The van der Waals surface area contributed by atoms with Crippen LogP contribution in [0.3, 0.4) is 0 Å². The number of ether oxygens (including phenoxy) is 1. The van der Waals surface area contributed by atoms with E-state index in [0.717, 1.165) is 16.8 Å². The fourth-order valence-corrected chi connectivity index (χ4v) is 6.01. The first kappa shape index (κ1) is 20.7. The van der Waals surface area contributed by atoms with E-state index in [1.165, 1.54) is 27.8 Å². The van der Waals surface area contributed by atoms with Crippen LogP contribution in [0.4, 0.5) is 9.52 Å². The normalized spacial score (nSPS) is 17.3. The molecule has 1 fully saturated rings. The second-order valence-electron chi connectivity index (χ2n) is 6.77. The quantitative estimate of drug-likeness (QED) is 0.621. The number of nitrogens with zero attached hydrogens (tertiary/aromatic N) is 2. The molecular formula is C20H20FN3O4S2. The van der Waals surface area contributed by atoms with Crippen LogP contribution in [-0.4, -0.2) is 42.8 Å². The van der Waals surface area contributed by atoms with Gasteiger partial charge in [-0.2, -0.15) is 4.31 Å². The number of nitrogens with one attached hydrogen (secondary N) is 1. The minimum absolute atomic E-state index is 0.0371. The van der Waals surface area contributed by atoms with Gasteiger partial charge in [0.25, 0.3) is 0 Å². The van der Waals surface area contributed by atoms with Crippen molar-refractivity contribution in [3.8, 4) is 5.75 Å². The Balaban J connectivity index is 1.56. The van der Waals surface area contributed by atoms with Crippen LogP contribution in [0.1, 0.15) is 19.8 Å². The van der Waals surface area contributed by atoms with Crippen LogP contribution in [0, 0.1) is 5.82 Å². The highest BCUT2D eigenvalue weighted by molar-refractivity contribution is 7.89. The first-order chi connectivity index (χ1) is 14.4. The van der Waals surface area contributed by atoms with E-state index < -0.39 is 27.8 Å². The molecule has 1 saturated heterocycles. The van der Waals surface area contributed by atoms with Gasteiger partial charge in [-0.3, -0.25) is 4.79 Å². The van der Waals surface area contributed by atoms with Crippen molar-refractivity contribution >= 4 is 42.6 Å². The van der Waals surface area contributed by atoms with E-state index in [1.807, 2.05) is 25.1 Å². The first-order valence-electron chi connectivity index (χ1n) is 9.51. The number of anilines is 1. The fraction of sp³-hybridized carbons (Fsp3) is 0.300. The van der Waals surface area contributed by atoms with Crippen molar-refractivity contribution in [3.63, 3.8) is 0 Å². The zero-order valence-electron chi connectivity index (χ0n) is 16.2. The number of hydrogen-bond donors (Lipinski definition) is 1.